The molecule has 1 aliphatic heterocycles. The molecule has 1 heterocycles. The zero-order chi connectivity index (χ0) is 23.5. The highest BCUT2D eigenvalue weighted by molar-refractivity contribution is 9.10. The van der Waals surface area contributed by atoms with Crippen molar-refractivity contribution in [3.63, 3.8) is 0 Å². The molecule has 33 heavy (non-hydrogen) atoms. The molecule has 1 fully saturated rings. The maximum atomic E-state index is 12.8. The third-order valence-electron chi connectivity index (χ3n) is 4.78. The Hall–Kier alpha value is -1.77. The van der Waals surface area contributed by atoms with Gasteiger partial charge in [-0.3, -0.25) is 14.5 Å². The molecule has 3 aromatic rings. The summed E-state index contributed by atoms with van der Waals surface area (Å²) in [7, 11) is 0. The Labute approximate surface area is 222 Å². The van der Waals surface area contributed by atoms with E-state index in [9.17, 15) is 9.59 Å². The smallest absolute Gasteiger partial charge is 0.293 e. The van der Waals surface area contributed by atoms with Crippen molar-refractivity contribution >= 4 is 84.0 Å². The maximum Gasteiger partial charge on any atom is 0.293 e. The molecule has 0 N–H and O–H groups in total. The first kappa shape index (κ1) is 24.4. The summed E-state index contributed by atoms with van der Waals surface area (Å²) in [4.78, 5) is 26.9. The van der Waals surface area contributed by atoms with Gasteiger partial charge in [-0.2, -0.15) is 0 Å². The van der Waals surface area contributed by atoms with Crippen LogP contribution >= 0.6 is 66.8 Å². The molecular weight excluding hydrogens is 613 g/mol. The number of benzene rings is 3. The summed E-state index contributed by atoms with van der Waals surface area (Å²) in [5, 5.41) is 0.677. The molecule has 1 aliphatic rings. The van der Waals surface area contributed by atoms with E-state index in [0.717, 1.165) is 27.4 Å². The first-order valence-corrected chi connectivity index (χ1v) is 12.8. The van der Waals surface area contributed by atoms with Crippen molar-refractivity contribution in [2.24, 2.45) is 0 Å². The minimum atomic E-state index is -0.334. The second kappa shape index (κ2) is 10.7. The van der Waals surface area contributed by atoms with Gasteiger partial charge in [-0.05, 0) is 75.2 Å². The third kappa shape index (κ3) is 5.84. The number of carbonyl (C=O) groups is 2. The topological polar surface area (TPSA) is 46.6 Å². The number of halogens is 4. The zero-order valence-electron chi connectivity index (χ0n) is 16.9. The minimum absolute atomic E-state index is 0.217. The Morgan fingerprint density at radius 2 is 1.70 bits per heavy atom. The molecule has 0 saturated carbocycles. The average molecular weight is 628 g/mol. The van der Waals surface area contributed by atoms with Crippen LogP contribution in [0.5, 0.6) is 5.75 Å². The molecule has 4 rings (SSSR count). The second-order valence-corrected chi connectivity index (χ2v) is 10.7. The van der Waals surface area contributed by atoms with Gasteiger partial charge in [-0.15, -0.1) is 0 Å². The van der Waals surface area contributed by atoms with Crippen molar-refractivity contribution in [1.82, 2.24) is 4.90 Å². The molecule has 0 atom stereocenters. The Balaban J connectivity index is 1.50. The Morgan fingerprint density at radius 3 is 2.39 bits per heavy atom. The van der Waals surface area contributed by atoms with Crippen molar-refractivity contribution in [2.75, 3.05) is 0 Å². The zero-order valence-corrected chi connectivity index (χ0v) is 22.4. The maximum absolute atomic E-state index is 12.8. The molecule has 0 aromatic heterocycles. The molecule has 4 nitrogen and oxygen atoms in total. The molecule has 1 saturated heterocycles. The fraction of sp³-hybridized carbons (Fsp3) is 0.0833. The van der Waals surface area contributed by atoms with Crippen LogP contribution in [0.3, 0.4) is 0 Å². The summed E-state index contributed by atoms with van der Waals surface area (Å²) in [5.41, 5.74) is 2.38. The monoisotopic (exact) mass is 625 g/mol. The predicted octanol–water partition coefficient (Wildman–Crippen LogP) is 8.33. The van der Waals surface area contributed by atoms with Crippen molar-refractivity contribution in [2.45, 2.75) is 13.2 Å². The van der Waals surface area contributed by atoms with Crippen LogP contribution < -0.4 is 4.74 Å². The Morgan fingerprint density at radius 1 is 0.970 bits per heavy atom. The number of thioether (sulfide) groups is 1. The van der Waals surface area contributed by atoms with E-state index in [0.29, 0.717) is 30.7 Å². The number of ether oxygens (including phenoxy) is 1. The van der Waals surface area contributed by atoms with Crippen molar-refractivity contribution in [3.8, 4) is 5.75 Å². The first-order valence-electron chi connectivity index (χ1n) is 9.67. The van der Waals surface area contributed by atoms with Crippen LogP contribution in [0.1, 0.15) is 16.7 Å². The van der Waals surface area contributed by atoms with Crippen LogP contribution in [-0.4, -0.2) is 16.0 Å². The lowest BCUT2D eigenvalue weighted by atomic mass is 10.2. The number of imide groups is 1. The quantitative estimate of drug-likeness (QED) is 0.258. The van der Waals surface area contributed by atoms with Crippen LogP contribution in [-0.2, 0) is 17.9 Å². The van der Waals surface area contributed by atoms with E-state index in [1.54, 1.807) is 24.3 Å². The van der Waals surface area contributed by atoms with Gasteiger partial charge in [0.2, 0.25) is 0 Å². The standard InChI is InChI=1S/C24H15Br2Cl2NO3S/c25-17-7-5-14(6-8-17)12-29-23(30)21(33-24(29)31)11-15-9-18(26)22(20(28)10-15)32-13-16-3-1-2-4-19(16)27/h1-11H,12-13H2/b21-11-. The van der Waals surface area contributed by atoms with E-state index in [1.165, 1.54) is 4.90 Å². The molecular formula is C24H15Br2Cl2NO3S. The fourth-order valence-electron chi connectivity index (χ4n) is 3.13. The van der Waals surface area contributed by atoms with E-state index in [2.05, 4.69) is 31.9 Å². The molecule has 3 aromatic carbocycles. The van der Waals surface area contributed by atoms with Crippen LogP contribution in [0, 0.1) is 0 Å². The highest BCUT2D eigenvalue weighted by Crippen LogP contribution is 2.38. The number of nitrogens with zero attached hydrogens (tertiary/aromatic N) is 1. The lowest BCUT2D eigenvalue weighted by molar-refractivity contribution is -0.123. The first-order chi connectivity index (χ1) is 15.8. The van der Waals surface area contributed by atoms with Crippen molar-refractivity contribution < 1.29 is 14.3 Å². The lowest BCUT2D eigenvalue weighted by Gasteiger charge is -2.13. The predicted molar refractivity (Wildman–Crippen MR) is 141 cm³/mol. The molecule has 2 amide bonds. The van der Waals surface area contributed by atoms with Gasteiger partial charge in [0.25, 0.3) is 11.1 Å². The Bertz CT molecular complexity index is 1240. The van der Waals surface area contributed by atoms with Gasteiger partial charge in [-0.1, -0.05) is 69.5 Å². The van der Waals surface area contributed by atoms with Gasteiger partial charge < -0.3 is 4.74 Å². The SMILES string of the molecule is O=C1S/C(=C\c2cc(Cl)c(OCc3ccccc3Cl)c(Br)c2)C(=O)N1Cc1ccc(Br)cc1. The van der Waals surface area contributed by atoms with Crippen molar-refractivity contribution in [3.05, 3.63) is 101 Å². The van der Waals surface area contributed by atoms with Crippen LogP contribution in [0.25, 0.3) is 6.08 Å². The summed E-state index contributed by atoms with van der Waals surface area (Å²) in [6, 6.07) is 18.4. The summed E-state index contributed by atoms with van der Waals surface area (Å²) in [5.74, 6) is 0.135. The minimum Gasteiger partial charge on any atom is -0.486 e. The summed E-state index contributed by atoms with van der Waals surface area (Å²) in [6.07, 6.45) is 1.65. The number of rotatable bonds is 6. The molecule has 0 aliphatic carbocycles. The fourth-order valence-corrected chi connectivity index (χ4v) is 5.41. The molecule has 168 valence electrons. The van der Waals surface area contributed by atoms with Gasteiger partial charge in [0.15, 0.2) is 5.75 Å². The van der Waals surface area contributed by atoms with E-state index in [1.807, 2.05) is 42.5 Å². The summed E-state index contributed by atoms with van der Waals surface area (Å²) < 4.78 is 7.43. The molecule has 0 bridgehead atoms. The van der Waals surface area contributed by atoms with Gasteiger partial charge in [0, 0.05) is 15.1 Å². The number of hydrogen-bond acceptors (Lipinski definition) is 4. The highest BCUT2D eigenvalue weighted by Gasteiger charge is 2.35. The number of hydrogen-bond donors (Lipinski definition) is 0. The second-order valence-electron chi connectivity index (χ2n) is 7.09. The van der Waals surface area contributed by atoms with Crippen LogP contribution in [0.4, 0.5) is 4.79 Å². The molecule has 0 unspecified atom stereocenters. The summed E-state index contributed by atoms with van der Waals surface area (Å²) in [6.45, 7) is 0.473. The van der Waals surface area contributed by atoms with E-state index < -0.39 is 0 Å². The van der Waals surface area contributed by atoms with Gasteiger partial charge >= 0.3 is 0 Å². The molecule has 0 spiro atoms. The lowest BCUT2D eigenvalue weighted by Crippen LogP contribution is -2.27. The largest absolute Gasteiger partial charge is 0.486 e. The van der Waals surface area contributed by atoms with E-state index in [4.69, 9.17) is 27.9 Å². The van der Waals surface area contributed by atoms with E-state index in [-0.39, 0.29) is 24.3 Å². The third-order valence-corrected chi connectivity index (χ3v) is 7.45. The number of amides is 2. The van der Waals surface area contributed by atoms with E-state index >= 15 is 0 Å². The van der Waals surface area contributed by atoms with Crippen LogP contribution in [0.15, 0.2) is 74.5 Å². The average Bonchev–Trinajstić information content (AvgIpc) is 3.03. The van der Waals surface area contributed by atoms with Gasteiger partial charge in [0.05, 0.1) is 20.9 Å². The van der Waals surface area contributed by atoms with Gasteiger partial charge in [-0.25, -0.2) is 0 Å². The van der Waals surface area contributed by atoms with Gasteiger partial charge in [0.1, 0.15) is 6.61 Å². The van der Waals surface area contributed by atoms with Crippen molar-refractivity contribution in [1.29, 1.82) is 0 Å². The Kier molecular flexibility index (Phi) is 7.87. The normalized spacial score (nSPS) is 14.9. The molecule has 0 radical (unpaired) electrons. The van der Waals surface area contributed by atoms with Crippen LogP contribution in [0.2, 0.25) is 10.0 Å². The number of carbonyl (C=O) groups excluding carboxylic acids is 2. The molecule has 9 heteroatoms. The summed E-state index contributed by atoms with van der Waals surface area (Å²) >= 11 is 20.4. The highest BCUT2D eigenvalue weighted by atomic mass is 79.9.